The Bertz CT molecular complexity index is 807. The van der Waals surface area contributed by atoms with Gasteiger partial charge in [-0.25, -0.2) is 0 Å². The van der Waals surface area contributed by atoms with Gasteiger partial charge in [0.15, 0.2) is 5.76 Å². The molecule has 0 radical (unpaired) electrons. The number of nitro groups is 1. The van der Waals surface area contributed by atoms with E-state index in [2.05, 4.69) is 24.1 Å². The highest BCUT2D eigenvalue weighted by Crippen LogP contribution is 2.24. The number of hydrogen-bond acceptors (Lipinski definition) is 6. The number of morpholine rings is 1. The molecule has 27 heavy (non-hydrogen) atoms. The normalized spacial score (nSPS) is 15.5. The van der Waals surface area contributed by atoms with Crippen molar-refractivity contribution in [2.24, 2.45) is 0 Å². The van der Waals surface area contributed by atoms with E-state index in [-0.39, 0.29) is 22.9 Å². The highest BCUT2D eigenvalue weighted by atomic mass is 16.6. The molecule has 1 fully saturated rings. The number of nitro benzene ring substituents is 1. The average molecular weight is 373 g/mol. The first-order valence-electron chi connectivity index (χ1n) is 8.82. The Kier molecular flexibility index (Phi) is 5.57. The number of nitrogens with zero attached hydrogens (tertiary/aromatic N) is 2. The Balaban J connectivity index is 1.62. The SMILES string of the molecule is CC(C)(CNC(=O)c1ccc(-c2ccc([N+](=O)[O-])cc2)o1)N1CCOCC1. The zero-order valence-electron chi connectivity index (χ0n) is 15.4. The van der Waals surface area contributed by atoms with Gasteiger partial charge < -0.3 is 14.5 Å². The molecular formula is C19H23N3O5. The summed E-state index contributed by atoms with van der Waals surface area (Å²) in [6.45, 7) is 7.75. The van der Waals surface area contributed by atoms with Gasteiger partial charge in [-0.1, -0.05) is 0 Å². The number of hydrogen-bond donors (Lipinski definition) is 1. The van der Waals surface area contributed by atoms with Crippen LogP contribution in [0.1, 0.15) is 24.4 Å². The Morgan fingerprint density at radius 1 is 1.19 bits per heavy atom. The van der Waals surface area contributed by atoms with Crippen molar-refractivity contribution in [1.82, 2.24) is 10.2 Å². The second-order valence-corrected chi connectivity index (χ2v) is 7.06. The van der Waals surface area contributed by atoms with Crippen LogP contribution in [0.5, 0.6) is 0 Å². The second kappa shape index (κ2) is 7.89. The van der Waals surface area contributed by atoms with Crippen molar-refractivity contribution in [1.29, 1.82) is 0 Å². The number of amides is 1. The largest absolute Gasteiger partial charge is 0.451 e. The molecule has 1 N–H and O–H groups in total. The highest BCUT2D eigenvalue weighted by molar-refractivity contribution is 5.92. The smallest absolute Gasteiger partial charge is 0.287 e. The van der Waals surface area contributed by atoms with Crippen LogP contribution >= 0.6 is 0 Å². The molecule has 0 spiro atoms. The zero-order chi connectivity index (χ0) is 19.4. The first-order valence-corrected chi connectivity index (χ1v) is 8.82. The van der Waals surface area contributed by atoms with E-state index in [1.807, 2.05) is 0 Å². The van der Waals surface area contributed by atoms with Crippen molar-refractivity contribution < 1.29 is 18.9 Å². The summed E-state index contributed by atoms with van der Waals surface area (Å²) in [5, 5.41) is 13.6. The summed E-state index contributed by atoms with van der Waals surface area (Å²) in [5.74, 6) is 0.410. The predicted octanol–water partition coefficient (Wildman–Crippen LogP) is 2.70. The van der Waals surface area contributed by atoms with Gasteiger partial charge in [0.2, 0.25) is 0 Å². The minimum atomic E-state index is -0.457. The number of rotatable bonds is 6. The summed E-state index contributed by atoms with van der Waals surface area (Å²) in [6, 6.07) is 9.29. The van der Waals surface area contributed by atoms with Crippen molar-refractivity contribution in [3.05, 3.63) is 52.3 Å². The lowest BCUT2D eigenvalue weighted by Crippen LogP contribution is -2.55. The van der Waals surface area contributed by atoms with E-state index in [0.717, 1.165) is 13.1 Å². The monoisotopic (exact) mass is 373 g/mol. The standard InChI is InChI=1S/C19H23N3O5/c1-19(2,21-9-11-26-12-10-21)13-20-18(23)17-8-7-16(27-17)14-3-5-15(6-4-14)22(24)25/h3-8H,9-13H2,1-2H3,(H,20,23). The molecular weight excluding hydrogens is 350 g/mol. The molecule has 0 saturated carbocycles. The topological polar surface area (TPSA) is 97.8 Å². The van der Waals surface area contributed by atoms with Crippen molar-refractivity contribution in [3.63, 3.8) is 0 Å². The van der Waals surface area contributed by atoms with E-state index in [4.69, 9.17) is 9.15 Å². The lowest BCUT2D eigenvalue weighted by molar-refractivity contribution is -0.384. The second-order valence-electron chi connectivity index (χ2n) is 7.06. The van der Waals surface area contributed by atoms with Gasteiger partial charge in [-0.05, 0) is 38.1 Å². The van der Waals surface area contributed by atoms with Crippen LogP contribution in [0.2, 0.25) is 0 Å². The Labute approximate surface area is 157 Å². The van der Waals surface area contributed by atoms with E-state index in [1.165, 1.54) is 12.1 Å². The molecule has 8 nitrogen and oxygen atoms in total. The van der Waals surface area contributed by atoms with E-state index >= 15 is 0 Å². The van der Waals surface area contributed by atoms with Crippen LogP contribution in [0.3, 0.4) is 0 Å². The van der Waals surface area contributed by atoms with Gasteiger partial charge in [-0.3, -0.25) is 19.8 Å². The van der Waals surface area contributed by atoms with Crippen LogP contribution in [0.15, 0.2) is 40.8 Å². The van der Waals surface area contributed by atoms with Crippen molar-refractivity contribution in [3.8, 4) is 11.3 Å². The maximum absolute atomic E-state index is 12.4. The maximum atomic E-state index is 12.4. The first-order chi connectivity index (χ1) is 12.9. The molecule has 3 rings (SSSR count). The summed E-state index contributed by atoms with van der Waals surface area (Å²) < 4.78 is 11.0. The van der Waals surface area contributed by atoms with E-state index < -0.39 is 4.92 Å². The van der Waals surface area contributed by atoms with Crippen LogP contribution in [-0.4, -0.2) is 54.1 Å². The molecule has 1 aromatic heterocycles. The Hall–Kier alpha value is -2.71. The highest BCUT2D eigenvalue weighted by Gasteiger charge is 2.29. The molecule has 0 unspecified atom stereocenters. The van der Waals surface area contributed by atoms with Gasteiger partial charge in [0.25, 0.3) is 11.6 Å². The van der Waals surface area contributed by atoms with Crippen LogP contribution < -0.4 is 5.32 Å². The predicted molar refractivity (Wildman–Crippen MR) is 99.6 cm³/mol. The molecule has 1 saturated heterocycles. The fourth-order valence-corrected chi connectivity index (χ4v) is 3.03. The fourth-order valence-electron chi connectivity index (χ4n) is 3.03. The third kappa shape index (κ3) is 4.53. The molecule has 1 aromatic carbocycles. The number of non-ortho nitro benzene ring substituents is 1. The van der Waals surface area contributed by atoms with Crippen molar-refractivity contribution >= 4 is 11.6 Å². The molecule has 1 aliphatic rings. The Morgan fingerprint density at radius 3 is 2.48 bits per heavy atom. The van der Waals surface area contributed by atoms with E-state index in [1.54, 1.807) is 24.3 Å². The minimum absolute atomic E-state index is 0.00798. The van der Waals surface area contributed by atoms with Gasteiger partial charge in [-0.2, -0.15) is 0 Å². The molecule has 8 heteroatoms. The first kappa shape index (κ1) is 19.1. The summed E-state index contributed by atoms with van der Waals surface area (Å²) in [7, 11) is 0. The number of nitrogens with one attached hydrogen (secondary N) is 1. The molecule has 144 valence electrons. The summed E-state index contributed by atoms with van der Waals surface area (Å²) in [6.07, 6.45) is 0. The number of benzene rings is 1. The van der Waals surface area contributed by atoms with Crippen molar-refractivity contribution in [2.75, 3.05) is 32.8 Å². The van der Waals surface area contributed by atoms with Crippen molar-refractivity contribution in [2.45, 2.75) is 19.4 Å². The third-order valence-corrected chi connectivity index (χ3v) is 4.74. The summed E-state index contributed by atoms with van der Waals surface area (Å²) in [4.78, 5) is 25.0. The molecule has 0 bridgehead atoms. The molecule has 1 amide bonds. The molecule has 2 heterocycles. The van der Waals surface area contributed by atoms with Gasteiger partial charge in [0, 0.05) is 42.9 Å². The summed E-state index contributed by atoms with van der Waals surface area (Å²) in [5.41, 5.74) is 0.495. The fraction of sp³-hybridized carbons (Fsp3) is 0.421. The Morgan fingerprint density at radius 2 is 1.85 bits per heavy atom. The van der Waals surface area contributed by atoms with E-state index in [0.29, 0.717) is 31.1 Å². The minimum Gasteiger partial charge on any atom is -0.451 e. The van der Waals surface area contributed by atoms with Crippen LogP contribution in [0, 0.1) is 10.1 Å². The molecule has 2 aromatic rings. The van der Waals surface area contributed by atoms with Crippen LogP contribution in [0.25, 0.3) is 11.3 Å². The van der Waals surface area contributed by atoms with Gasteiger partial charge in [0.1, 0.15) is 5.76 Å². The number of carbonyl (C=O) groups excluding carboxylic acids is 1. The average Bonchev–Trinajstić information content (AvgIpc) is 3.17. The molecule has 0 atom stereocenters. The molecule has 0 aliphatic carbocycles. The van der Waals surface area contributed by atoms with Crippen LogP contribution in [0.4, 0.5) is 5.69 Å². The van der Waals surface area contributed by atoms with Gasteiger partial charge in [-0.15, -0.1) is 0 Å². The summed E-state index contributed by atoms with van der Waals surface area (Å²) >= 11 is 0. The van der Waals surface area contributed by atoms with E-state index in [9.17, 15) is 14.9 Å². The number of furan rings is 1. The number of carbonyl (C=O) groups is 1. The van der Waals surface area contributed by atoms with Gasteiger partial charge in [0.05, 0.1) is 18.1 Å². The van der Waals surface area contributed by atoms with Gasteiger partial charge >= 0.3 is 0 Å². The number of ether oxygens (including phenoxy) is 1. The third-order valence-electron chi connectivity index (χ3n) is 4.74. The maximum Gasteiger partial charge on any atom is 0.287 e. The lowest BCUT2D eigenvalue weighted by Gasteiger charge is -2.40. The van der Waals surface area contributed by atoms with Crippen LogP contribution in [-0.2, 0) is 4.74 Å². The lowest BCUT2D eigenvalue weighted by atomic mass is 10.0. The molecule has 1 aliphatic heterocycles. The quantitative estimate of drug-likeness (QED) is 0.618. The zero-order valence-corrected chi connectivity index (χ0v) is 15.4.